The standard InChI is InChI=1S/C24H33NO4/c1-6-28-24-19-11-13-25-23(18(19)8-10-21(24)26-4)17-7-9-20(22(15-17)27-5)29-14-12-16(2)3/h7-10,15-16,23,25H,6,11-14H2,1-5H3. The maximum Gasteiger partial charge on any atom is 0.164 e. The van der Waals surface area contributed by atoms with E-state index in [-0.39, 0.29) is 6.04 Å². The van der Waals surface area contributed by atoms with E-state index in [1.165, 1.54) is 11.1 Å². The molecule has 0 amide bonds. The van der Waals surface area contributed by atoms with Gasteiger partial charge in [0.15, 0.2) is 23.0 Å². The Kier molecular flexibility index (Phi) is 7.26. The summed E-state index contributed by atoms with van der Waals surface area (Å²) in [4.78, 5) is 0. The average molecular weight is 400 g/mol. The largest absolute Gasteiger partial charge is 0.493 e. The molecule has 3 rings (SSSR count). The first-order valence-electron chi connectivity index (χ1n) is 10.5. The maximum atomic E-state index is 5.95. The third-order valence-corrected chi connectivity index (χ3v) is 5.28. The lowest BCUT2D eigenvalue weighted by Crippen LogP contribution is -2.31. The van der Waals surface area contributed by atoms with Crippen molar-refractivity contribution in [3.05, 3.63) is 47.0 Å². The number of hydrogen-bond acceptors (Lipinski definition) is 5. The SMILES string of the molecule is CCOc1c(OC)ccc2c1CCNC2c1ccc(OCCC(C)C)c(OC)c1. The van der Waals surface area contributed by atoms with E-state index in [1.807, 2.05) is 19.1 Å². The summed E-state index contributed by atoms with van der Waals surface area (Å²) >= 11 is 0. The van der Waals surface area contributed by atoms with Crippen LogP contribution >= 0.6 is 0 Å². The Hall–Kier alpha value is -2.40. The van der Waals surface area contributed by atoms with Gasteiger partial charge >= 0.3 is 0 Å². The van der Waals surface area contributed by atoms with Crippen molar-refractivity contribution in [3.63, 3.8) is 0 Å². The number of nitrogens with one attached hydrogen (secondary N) is 1. The Morgan fingerprint density at radius 3 is 2.45 bits per heavy atom. The summed E-state index contributed by atoms with van der Waals surface area (Å²) in [5, 5.41) is 3.63. The summed E-state index contributed by atoms with van der Waals surface area (Å²) in [6.07, 6.45) is 1.93. The molecule has 158 valence electrons. The van der Waals surface area contributed by atoms with Gasteiger partial charge in [-0.3, -0.25) is 0 Å². The van der Waals surface area contributed by atoms with E-state index in [0.29, 0.717) is 19.1 Å². The molecule has 1 aliphatic rings. The average Bonchev–Trinajstić information content (AvgIpc) is 2.73. The molecule has 1 heterocycles. The van der Waals surface area contributed by atoms with Crippen LogP contribution in [0.3, 0.4) is 0 Å². The molecule has 5 nitrogen and oxygen atoms in total. The molecule has 5 heteroatoms. The zero-order valence-electron chi connectivity index (χ0n) is 18.2. The summed E-state index contributed by atoms with van der Waals surface area (Å²) in [5.74, 6) is 3.81. The van der Waals surface area contributed by atoms with Crippen molar-refractivity contribution in [2.45, 2.75) is 39.7 Å². The Morgan fingerprint density at radius 2 is 1.76 bits per heavy atom. The summed E-state index contributed by atoms with van der Waals surface area (Å²) in [6, 6.07) is 10.4. The van der Waals surface area contributed by atoms with E-state index in [1.54, 1.807) is 14.2 Å². The van der Waals surface area contributed by atoms with E-state index < -0.39 is 0 Å². The van der Waals surface area contributed by atoms with E-state index in [0.717, 1.165) is 47.9 Å². The molecule has 2 aromatic rings. The van der Waals surface area contributed by atoms with E-state index >= 15 is 0 Å². The molecule has 1 aliphatic heterocycles. The molecule has 0 bridgehead atoms. The van der Waals surface area contributed by atoms with Gasteiger partial charge in [-0.1, -0.05) is 26.0 Å². The van der Waals surface area contributed by atoms with E-state index in [4.69, 9.17) is 18.9 Å². The van der Waals surface area contributed by atoms with Crippen LogP contribution in [0.15, 0.2) is 30.3 Å². The molecule has 1 N–H and O–H groups in total. The molecular weight excluding hydrogens is 366 g/mol. The van der Waals surface area contributed by atoms with Gasteiger partial charge in [0.2, 0.25) is 0 Å². The first-order chi connectivity index (χ1) is 14.1. The van der Waals surface area contributed by atoms with Crippen molar-refractivity contribution in [1.82, 2.24) is 5.32 Å². The molecule has 0 saturated carbocycles. The van der Waals surface area contributed by atoms with E-state index in [2.05, 4.69) is 37.4 Å². The Balaban J connectivity index is 1.91. The highest BCUT2D eigenvalue weighted by Gasteiger charge is 2.26. The zero-order valence-corrected chi connectivity index (χ0v) is 18.2. The van der Waals surface area contributed by atoms with Gasteiger partial charge in [0, 0.05) is 12.1 Å². The summed E-state index contributed by atoms with van der Waals surface area (Å²) in [6.45, 7) is 8.57. The molecule has 0 fully saturated rings. The van der Waals surface area contributed by atoms with Crippen LogP contribution in [-0.4, -0.2) is 34.0 Å². The fraction of sp³-hybridized carbons (Fsp3) is 0.500. The number of benzene rings is 2. The van der Waals surface area contributed by atoms with Crippen LogP contribution in [0.2, 0.25) is 0 Å². The normalized spacial score (nSPS) is 15.7. The molecule has 1 unspecified atom stereocenters. The van der Waals surface area contributed by atoms with Gasteiger partial charge in [-0.15, -0.1) is 0 Å². The molecule has 2 aromatic carbocycles. The smallest absolute Gasteiger partial charge is 0.164 e. The highest BCUT2D eigenvalue weighted by atomic mass is 16.5. The van der Waals surface area contributed by atoms with Crippen molar-refractivity contribution < 1.29 is 18.9 Å². The fourth-order valence-corrected chi connectivity index (χ4v) is 3.75. The highest BCUT2D eigenvalue weighted by molar-refractivity contribution is 5.55. The lowest BCUT2D eigenvalue weighted by atomic mass is 9.89. The number of ether oxygens (including phenoxy) is 4. The van der Waals surface area contributed by atoms with Gasteiger partial charge < -0.3 is 24.3 Å². The van der Waals surface area contributed by atoms with Crippen LogP contribution in [0.5, 0.6) is 23.0 Å². The van der Waals surface area contributed by atoms with Crippen LogP contribution in [0, 0.1) is 5.92 Å². The van der Waals surface area contributed by atoms with Crippen molar-refractivity contribution in [1.29, 1.82) is 0 Å². The predicted octanol–water partition coefficient (Wildman–Crippen LogP) is 4.76. The quantitative estimate of drug-likeness (QED) is 0.659. The van der Waals surface area contributed by atoms with Crippen LogP contribution in [-0.2, 0) is 6.42 Å². The topological polar surface area (TPSA) is 49.0 Å². The first-order valence-corrected chi connectivity index (χ1v) is 10.5. The van der Waals surface area contributed by atoms with E-state index in [9.17, 15) is 0 Å². The second-order valence-corrected chi connectivity index (χ2v) is 7.68. The van der Waals surface area contributed by atoms with Crippen molar-refractivity contribution in [2.24, 2.45) is 5.92 Å². The molecule has 1 atom stereocenters. The predicted molar refractivity (Wildman–Crippen MR) is 116 cm³/mol. The van der Waals surface area contributed by atoms with Gasteiger partial charge in [-0.25, -0.2) is 0 Å². The molecule has 0 radical (unpaired) electrons. The molecule has 0 aromatic heterocycles. The van der Waals surface area contributed by atoms with Crippen molar-refractivity contribution in [2.75, 3.05) is 34.0 Å². The highest BCUT2D eigenvalue weighted by Crippen LogP contribution is 2.41. The summed E-state index contributed by atoms with van der Waals surface area (Å²) < 4.78 is 23.0. The van der Waals surface area contributed by atoms with Crippen molar-refractivity contribution >= 4 is 0 Å². The maximum absolute atomic E-state index is 5.95. The molecule has 0 spiro atoms. The van der Waals surface area contributed by atoms with Gasteiger partial charge in [-0.05, 0) is 55.0 Å². The second-order valence-electron chi connectivity index (χ2n) is 7.68. The second kappa shape index (κ2) is 9.88. The lowest BCUT2D eigenvalue weighted by Gasteiger charge is -2.30. The molecule has 29 heavy (non-hydrogen) atoms. The lowest BCUT2D eigenvalue weighted by molar-refractivity contribution is 0.272. The van der Waals surface area contributed by atoms with Gasteiger partial charge in [-0.2, -0.15) is 0 Å². The minimum atomic E-state index is 0.0717. The fourth-order valence-electron chi connectivity index (χ4n) is 3.75. The Labute approximate surface area is 174 Å². The third-order valence-electron chi connectivity index (χ3n) is 5.28. The molecule has 0 saturated heterocycles. The van der Waals surface area contributed by atoms with Crippen LogP contribution in [0.1, 0.15) is 49.9 Å². The Bertz CT molecular complexity index is 819. The number of fused-ring (bicyclic) bond motifs is 1. The first kappa shape index (κ1) is 21.3. The number of methoxy groups -OCH3 is 2. The minimum absolute atomic E-state index is 0.0717. The molecule has 0 aliphatic carbocycles. The van der Waals surface area contributed by atoms with Crippen LogP contribution < -0.4 is 24.3 Å². The minimum Gasteiger partial charge on any atom is -0.493 e. The number of rotatable bonds is 9. The van der Waals surface area contributed by atoms with Crippen LogP contribution in [0.4, 0.5) is 0 Å². The number of hydrogen-bond donors (Lipinski definition) is 1. The zero-order chi connectivity index (χ0) is 20.8. The van der Waals surface area contributed by atoms with Crippen molar-refractivity contribution in [3.8, 4) is 23.0 Å². The monoisotopic (exact) mass is 399 g/mol. The Morgan fingerprint density at radius 1 is 1.00 bits per heavy atom. The van der Waals surface area contributed by atoms with Gasteiger partial charge in [0.25, 0.3) is 0 Å². The third kappa shape index (κ3) is 4.78. The van der Waals surface area contributed by atoms with Crippen LogP contribution in [0.25, 0.3) is 0 Å². The molecular formula is C24H33NO4. The van der Waals surface area contributed by atoms with Gasteiger partial charge in [0.05, 0.1) is 33.5 Å². The van der Waals surface area contributed by atoms with Gasteiger partial charge in [0.1, 0.15) is 0 Å². The summed E-state index contributed by atoms with van der Waals surface area (Å²) in [7, 11) is 3.38. The summed E-state index contributed by atoms with van der Waals surface area (Å²) in [5.41, 5.74) is 3.58.